The van der Waals surface area contributed by atoms with E-state index in [-0.39, 0.29) is 6.61 Å². The van der Waals surface area contributed by atoms with Crippen LogP contribution in [0.2, 0.25) is 0 Å². The van der Waals surface area contributed by atoms with Crippen LogP contribution in [0.3, 0.4) is 0 Å². The quantitative estimate of drug-likeness (QED) is 0.927. The highest BCUT2D eigenvalue weighted by Crippen LogP contribution is 2.23. The molecule has 1 aromatic carbocycles. The molecule has 0 saturated heterocycles. The summed E-state index contributed by atoms with van der Waals surface area (Å²) < 4.78 is 11.1. The Bertz CT molecular complexity index is 459. The second kappa shape index (κ2) is 5.09. The molecule has 0 atom stereocenters. The number of hydrogen-bond donors (Lipinski definition) is 1. The van der Waals surface area contributed by atoms with Crippen LogP contribution in [0.5, 0.6) is 5.75 Å². The molecule has 0 aliphatic rings. The van der Waals surface area contributed by atoms with Gasteiger partial charge in [0.05, 0.1) is 0 Å². The molecule has 2 N–H and O–H groups in total. The van der Waals surface area contributed by atoms with Crippen LogP contribution >= 0.6 is 15.9 Å². The molecular formula is C10H10BrN3O2. The largest absolute Gasteiger partial charge is 0.485 e. The first-order valence-corrected chi connectivity index (χ1v) is 5.45. The van der Waals surface area contributed by atoms with Gasteiger partial charge in [0.2, 0.25) is 12.2 Å². The molecule has 0 bridgehead atoms. The van der Waals surface area contributed by atoms with Gasteiger partial charge >= 0.3 is 0 Å². The summed E-state index contributed by atoms with van der Waals surface area (Å²) in [6, 6.07) is 5.67. The average Bonchev–Trinajstić information content (AvgIpc) is 2.80. The van der Waals surface area contributed by atoms with E-state index in [9.17, 15) is 0 Å². The number of halogens is 1. The molecule has 16 heavy (non-hydrogen) atoms. The van der Waals surface area contributed by atoms with Crippen LogP contribution in [-0.4, -0.2) is 10.1 Å². The third-order valence-corrected chi connectivity index (χ3v) is 2.50. The summed E-state index contributed by atoms with van der Waals surface area (Å²) in [4.78, 5) is 3.86. The number of ether oxygens (including phenoxy) is 1. The van der Waals surface area contributed by atoms with Crippen LogP contribution < -0.4 is 10.5 Å². The number of rotatable bonds is 4. The number of nitrogens with two attached hydrogens (primary N) is 1. The molecule has 0 aliphatic heterocycles. The monoisotopic (exact) mass is 283 g/mol. The summed E-state index contributed by atoms with van der Waals surface area (Å²) in [6.45, 7) is 0.687. The Labute approximate surface area is 101 Å². The topological polar surface area (TPSA) is 74.2 Å². The highest BCUT2D eigenvalue weighted by Gasteiger charge is 2.05. The fraction of sp³-hybridized carbons (Fsp3) is 0.200. The highest BCUT2D eigenvalue weighted by atomic mass is 79.9. The number of hydrogen-bond acceptors (Lipinski definition) is 5. The van der Waals surface area contributed by atoms with Crippen LogP contribution in [0.25, 0.3) is 0 Å². The van der Waals surface area contributed by atoms with Crippen LogP contribution in [0.1, 0.15) is 11.4 Å². The van der Waals surface area contributed by atoms with Gasteiger partial charge in [-0.25, -0.2) is 0 Å². The van der Waals surface area contributed by atoms with Crippen molar-refractivity contribution >= 4 is 15.9 Å². The van der Waals surface area contributed by atoms with E-state index in [1.54, 1.807) is 0 Å². The molecule has 0 spiro atoms. The molecule has 0 saturated carbocycles. The lowest BCUT2D eigenvalue weighted by molar-refractivity contribution is 0.284. The normalized spacial score (nSPS) is 10.4. The van der Waals surface area contributed by atoms with Crippen molar-refractivity contribution in [3.05, 3.63) is 40.5 Å². The molecule has 2 aromatic rings. The molecule has 0 radical (unpaired) electrons. The van der Waals surface area contributed by atoms with Crippen LogP contribution in [0, 0.1) is 0 Å². The van der Waals surface area contributed by atoms with E-state index < -0.39 is 0 Å². The second-order valence-corrected chi connectivity index (χ2v) is 4.01. The van der Waals surface area contributed by atoms with Gasteiger partial charge in [-0.2, -0.15) is 4.98 Å². The molecule has 0 unspecified atom stereocenters. The van der Waals surface area contributed by atoms with Crippen LogP contribution in [0.15, 0.2) is 33.6 Å². The first-order valence-electron chi connectivity index (χ1n) is 4.66. The standard InChI is InChI=1S/C10H10BrN3O2/c11-8-1-2-9(7(3-8)4-12)15-5-10-13-6-16-14-10/h1-3,6H,4-5,12H2. The molecule has 0 aliphatic carbocycles. The fourth-order valence-corrected chi connectivity index (χ4v) is 1.66. The molecular weight excluding hydrogens is 274 g/mol. The lowest BCUT2D eigenvalue weighted by Gasteiger charge is -2.08. The molecule has 84 valence electrons. The van der Waals surface area contributed by atoms with Gasteiger partial charge in [-0.3, -0.25) is 0 Å². The predicted octanol–water partition coefficient (Wildman–Crippen LogP) is 1.87. The Kier molecular flexibility index (Phi) is 3.53. The average molecular weight is 284 g/mol. The van der Waals surface area contributed by atoms with E-state index in [0.717, 1.165) is 15.8 Å². The molecule has 5 nitrogen and oxygen atoms in total. The van der Waals surface area contributed by atoms with Crippen molar-refractivity contribution in [2.75, 3.05) is 0 Å². The first kappa shape index (κ1) is 11.1. The highest BCUT2D eigenvalue weighted by molar-refractivity contribution is 9.10. The van der Waals surface area contributed by atoms with E-state index in [0.29, 0.717) is 12.4 Å². The number of benzene rings is 1. The third kappa shape index (κ3) is 2.59. The van der Waals surface area contributed by atoms with Crippen molar-refractivity contribution in [1.29, 1.82) is 0 Å². The van der Waals surface area contributed by atoms with Crippen molar-refractivity contribution in [3.8, 4) is 5.75 Å². The zero-order chi connectivity index (χ0) is 11.4. The molecule has 2 rings (SSSR count). The minimum atomic E-state index is 0.269. The van der Waals surface area contributed by atoms with Gasteiger partial charge < -0.3 is 15.0 Å². The first-order chi connectivity index (χ1) is 7.79. The fourth-order valence-electron chi connectivity index (χ4n) is 1.25. The summed E-state index contributed by atoms with van der Waals surface area (Å²) in [5.74, 6) is 1.24. The van der Waals surface area contributed by atoms with E-state index in [4.69, 9.17) is 10.5 Å². The van der Waals surface area contributed by atoms with Crippen LogP contribution in [0.4, 0.5) is 0 Å². The van der Waals surface area contributed by atoms with Gasteiger partial charge in [-0.15, -0.1) is 0 Å². The summed E-state index contributed by atoms with van der Waals surface area (Å²) in [5, 5.41) is 3.65. The van der Waals surface area contributed by atoms with Crippen LogP contribution in [-0.2, 0) is 13.2 Å². The van der Waals surface area contributed by atoms with Gasteiger partial charge in [-0.1, -0.05) is 21.1 Å². The predicted molar refractivity (Wildman–Crippen MR) is 60.7 cm³/mol. The van der Waals surface area contributed by atoms with Crippen molar-refractivity contribution < 1.29 is 9.26 Å². The molecule has 0 fully saturated rings. The lowest BCUT2D eigenvalue weighted by atomic mass is 10.2. The van der Waals surface area contributed by atoms with E-state index >= 15 is 0 Å². The van der Waals surface area contributed by atoms with Gasteiger partial charge in [0.25, 0.3) is 0 Å². The zero-order valence-electron chi connectivity index (χ0n) is 8.39. The molecule has 6 heteroatoms. The SMILES string of the molecule is NCc1cc(Br)ccc1OCc1ncon1. The Hall–Kier alpha value is -1.40. The van der Waals surface area contributed by atoms with E-state index in [1.807, 2.05) is 18.2 Å². The molecule has 1 aromatic heterocycles. The summed E-state index contributed by atoms with van der Waals surface area (Å²) in [7, 11) is 0. The Morgan fingerprint density at radius 3 is 3.00 bits per heavy atom. The van der Waals surface area contributed by atoms with Gasteiger partial charge in [0.15, 0.2) is 6.61 Å². The van der Waals surface area contributed by atoms with Gasteiger partial charge in [0.1, 0.15) is 5.75 Å². The van der Waals surface area contributed by atoms with Crippen molar-refractivity contribution in [2.24, 2.45) is 5.73 Å². The maximum Gasteiger partial charge on any atom is 0.213 e. The Morgan fingerprint density at radius 1 is 1.44 bits per heavy atom. The maximum absolute atomic E-state index is 5.62. The third-order valence-electron chi connectivity index (χ3n) is 2.01. The number of aromatic nitrogens is 2. The van der Waals surface area contributed by atoms with Crippen molar-refractivity contribution in [3.63, 3.8) is 0 Å². The van der Waals surface area contributed by atoms with Gasteiger partial charge in [0, 0.05) is 16.6 Å². The van der Waals surface area contributed by atoms with Crippen molar-refractivity contribution in [2.45, 2.75) is 13.2 Å². The maximum atomic E-state index is 5.62. The molecule has 1 heterocycles. The second-order valence-electron chi connectivity index (χ2n) is 3.09. The summed E-state index contributed by atoms with van der Waals surface area (Å²) >= 11 is 3.38. The van der Waals surface area contributed by atoms with E-state index in [2.05, 4.69) is 30.6 Å². The molecule has 0 amide bonds. The zero-order valence-corrected chi connectivity index (χ0v) is 9.98. The smallest absolute Gasteiger partial charge is 0.213 e. The Balaban J connectivity index is 2.09. The van der Waals surface area contributed by atoms with Crippen molar-refractivity contribution in [1.82, 2.24) is 10.1 Å². The number of nitrogens with zero attached hydrogens (tertiary/aromatic N) is 2. The minimum absolute atomic E-state index is 0.269. The van der Waals surface area contributed by atoms with E-state index in [1.165, 1.54) is 6.39 Å². The summed E-state index contributed by atoms with van der Waals surface area (Å²) in [5.41, 5.74) is 6.55. The minimum Gasteiger partial charge on any atom is -0.485 e. The van der Waals surface area contributed by atoms with Gasteiger partial charge in [-0.05, 0) is 18.2 Å². The lowest BCUT2D eigenvalue weighted by Crippen LogP contribution is -2.03. The Morgan fingerprint density at radius 2 is 2.31 bits per heavy atom. The summed E-state index contributed by atoms with van der Waals surface area (Å²) in [6.07, 6.45) is 1.27.